The number of hydrogen-bond donors (Lipinski definition) is 1. The first-order chi connectivity index (χ1) is 7.81. The number of oxazole rings is 1. The Bertz CT molecular complexity index is 483. The van der Waals surface area contributed by atoms with E-state index in [0.717, 1.165) is 17.4 Å². The van der Waals surface area contributed by atoms with Crippen LogP contribution in [-0.4, -0.2) is 11.0 Å². The molecular formula is C12H14N2O2. The predicted octanol–water partition coefficient (Wildman–Crippen LogP) is 2.50. The van der Waals surface area contributed by atoms with E-state index in [1.54, 1.807) is 6.20 Å². The van der Waals surface area contributed by atoms with Gasteiger partial charge in [0.15, 0.2) is 11.5 Å². The topological polar surface area (TPSA) is 51.2 Å². The molecule has 3 rings (SSSR count). The lowest BCUT2D eigenvalue weighted by Crippen LogP contribution is -2.15. The molecule has 0 saturated heterocycles. The molecule has 0 aromatic carbocycles. The van der Waals surface area contributed by atoms with Gasteiger partial charge in [-0.25, -0.2) is 4.98 Å². The van der Waals surface area contributed by atoms with Crippen LogP contribution in [0.1, 0.15) is 24.5 Å². The van der Waals surface area contributed by atoms with E-state index in [-0.39, 0.29) is 0 Å². The third-order valence-electron chi connectivity index (χ3n) is 2.66. The lowest BCUT2D eigenvalue weighted by atomic mass is 10.4. The summed E-state index contributed by atoms with van der Waals surface area (Å²) in [4.78, 5) is 4.21. The zero-order valence-corrected chi connectivity index (χ0v) is 9.19. The summed E-state index contributed by atoms with van der Waals surface area (Å²) < 4.78 is 11.1. The van der Waals surface area contributed by atoms with Crippen LogP contribution in [0.4, 0.5) is 0 Å². The van der Waals surface area contributed by atoms with Crippen molar-refractivity contribution in [3.05, 3.63) is 30.0 Å². The van der Waals surface area contributed by atoms with Crippen molar-refractivity contribution in [1.82, 2.24) is 10.3 Å². The van der Waals surface area contributed by atoms with Crippen molar-refractivity contribution in [2.24, 2.45) is 0 Å². The van der Waals surface area contributed by atoms with Gasteiger partial charge in [-0.2, -0.15) is 0 Å². The lowest BCUT2D eigenvalue weighted by Gasteiger charge is -1.96. The van der Waals surface area contributed by atoms with Gasteiger partial charge in [0.05, 0.1) is 12.7 Å². The Kier molecular flexibility index (Phi) is 2.29. The highest BCUT2D eigenvalue weighted by atomic mass is 16.4. The first-order valence-corrected chi connectivity index (χ1v) is 5.56. The van der Waals surface area contributed by atoms with Crippen LogP contribution in [0.15, 0.2) is 27.2 Å². The van der Waals surface area contributed by atoms with Gasteiger partial charge in [-0.1, -0.05) is 0 Å². The molecule has 2 heterocycles. The minimum absolute atomic E-state index is 0.668. The molecule has 1 fully saturated rings. The Morgan fingerprint density at radius 2 is 2.19 bits per heavy atom. The fourth-order valence-corrected chi connectivity index (χ4v) is 1.59. The summed E-state index contributed by atoms with van der Waals surface area (Å²) in [6.45, 7) is 2.61. The smallest absolute Gasteiger partial charge is 0.209 e. The van der Waals surface area contributed by atoms with Crippen LogP contribution in [-0.2, 0) is 6.54 Å². The second-order valence-electron chi connectivity index (χ2n) is 4.18. The molecule has 1 aliphatic carbocycles. The fourth-order valence-electron chi connectivity index (χ4n) is 1.59. The third kappa shape index (κ3) is 2.02. The summed E-state index contributed by atoms with van der Waals surface area (Å²) in [6, 6.07) is 4.48. The fraction of sp³-hybridized carbons (Fsp3) is 0.417. The van der Waals surface area contributed by atoms with E-state index in [9.17, 15) is 0 Å². The maximum atomic E-state index is 5.59. The van der Waals surface area contributed by atoms with Crippen LogP contribution < -0.4 is 5.32 Å². The third-order valence-corrected chi connectivity index (χ3v) is 2.66. The molecule has 1 N–H and O–H groups in total. The van der Waals surface area contributed by atoms with E-state index in [1.807, 2.05) is 19.1 Å². The summed E-state index contributed by atoms with van der Waals surface area (Å²) in [5.74, 6) is 3.03. The van der Waals surface area contributed by atoms with Crippen LogP contribution in [0.3, 0.4) is 0 Å². The summed E-state index contributed by atoms with van der Waals surface area (Å²) >= 11 is 0. The summed E-state index contributed by atoms with van der Waals surface area (Å²) in [5.41, 5.74) is 0. The molecule has 2 aromatic heterocycles. The van der Waals surface area contributed by atoms with E-state index >= 15 is 0 Å². The number of rotatable bonds is 4. The van der Waals surface area contributed by atoms with E-state index in [0.29, 0.717) is 18.3 Å². The molecule has 0 spiro atoms. The molecule has 4 heteroatoms. The number of hydrogen-bond acceptors (Lipinski definition) is 4. The van der Waals surface area contributed by atoms with E-state index < -0.39 is 0 Å². The Morgan fingerprint density at radius 3 is 2.88 bits per heavy atom. The van der Waals surface area contributed by atoms with Gasteiger partial charge in [-0.05, 0) is 31.9 Å². The van der Waals surface area contributed by atoms with Crippen LogP contribution in [0.5, 0.6) is 0 Å². The molecule has 0 aliphatic heterocycles. The maximum Gasteiger partial charge on any atom is 0.209 e. The first-order valence-electron chi connectivity index (χ1n) is 5.56. The highest BCUT2D eigenvalue weighted by molar-refractivity contribution is 5.48. The van der Waals surface area contributed by atoms with Gasteiger partial charge in [0.25, 0.3) is 0 Å². The molecule has 2 aromatic rings. The molecule has 4 nitrogen and oxygen atoms in total. The largest absolute Gasteiger partial charge is 0.458 e. The zero-order valence-electron chi connectivity index (χ0n) is 9.19. The Morgan fingerprint density at radius 1 is 1.31 bits per heavy atom. The summed E-state index contributed by atoms with van der Waals surface area (Å²) in [6.07, 6.45) is 4.25. The van der Waals surface area contributed by atoms with Gasteiger partial charge < -0.3 is 14.2 Å². The summed E-state index contributed by atoms with van der Waals surface area (Å²) in [5, 5.41) is 3.36. The molecule has 84 valence electrons. The van der Waals surface area contributed by atoms with Crippen LogP contribution >= 0.6 is 0 Å². The van der Waals surface area contributed by atoms with Crippen molar-refractivity contribution in [2.45, 2.75) is 32.4 Å². The van der Waals surface area contributed by atoms with Gasteiger partial charge in [0.1, 0.15) is 5.76 Å². The maximum absolute atomic E-state index is 5.59. The number of aromatic nitrogens is 1. The van der Waals surface area contributed by atoms with E-state index in [4.69, 9.17) is 8.83 Å². The molecule has 1 saturated carbocycles. The lowest BCUT2D eigenvalue weighted by molar-refractivity contribution is 0.456. The van der Waals surface area contributed by atoms with Crippen molar-refractivity contribution < 1.29 is 8.83 Å². The normalized spacial score (nSPS) is 15.6. The number of nitrogens with one attached hydrogen (secondary N) is 1. The quantitative estimate of drug-likeness (QED) is 0.856. The van der Waals surface area contributed by atoms with Crippen molar-refractivity contribution in [1.29, 1.82) is 0 Å². The Labute approximate surface area is 93.7 Å². The van der Waals surface area contributed by atoms with E-state index in [1.165, 1.54) is 12.8 Å². The van der Waals surface area contributed by atoms with Gasteiger partial charge in [-0.15, -0.1) is 0 Å². The average molecular weight is 218 g/mol. The Hall–Kier alpha value is -1.55. The van der Waals surface area contributed by atoms with Crippen molar-refractivity contribution >= 4 is 0 Å². The van der Waals surface area contributed by atoms with Gasteiger partial charge in [-0.3, -0.25) is 0 Å². The minimum atomic E-state index is 0.668. The molecule has 0 bridgehead atoms. The van der Waals surface area contributed by atoms with Crippen molar-refractivity contribution in [3.63, 3.8) is 0 Å². The molecular weight excluding hydrogens is 204 g/mol. The zero-order chi connectivity index (χ0) is 11.0. The standard InChI is InChI=1S/C12H14N2O2/c1-8-2-5-10(15-8)11-6-14-12(16-11)7-13-9-3-4-9/h2,5-6,9,13H,3-4,7H2,1H3. The molecule has 0 amide bonds. The van der Waals surface area contributed by atoms with Crippen LogP contribution in [0, 0.1) is 6.92 Å². The predicted molar refractivity (Wildman–Crippen MR) is 58.8 cm³/mol. The molecule has 0 unspecified atom stereocenters. The molecule has 1 aliphatic rings. The van der Waals surface area contributed by atoms with Crippen LogP contribution in [0.2, 0.25) is 0 Å². The number of furan rings is 1. The number of aryl methyl sites for hydroxylation is 1. The van der Waals surface area contributed by atoms with Gasteiger partial charge >= 0.3 is 0 Å². The SMILES string of the molecule is Cc1ccc(-c2cnc(CNC3CC3)o2)o1. The summed E-state index contributed by atoms with van der Waals surface area (Å²) in [7, 11) is 0. The first kappa shape index (κ1) is 9.66. The second-order valence-corrected chi connectivity index (χ2v) is 4.18. The number of nitrogens with zero attached hydrogens (tertiary/aromatic N) is 1. The van der Waals surface area contributed by atoms with Crippen LogP contribution in [0.25, 0.3) is 11.5 Å². The average Bonchev–Trinajstić information content (AvgIpc) is 2.81. The monoisotopic (exact) mass is 218 g/mol. The molecule has 0 atom stereocenters. The van der Waals surface area contributed by atoms with Crippen molar-refractivity contribution in [3.8, 4) is 11.5 Å². The van der Waals surface area contributed by atoms with Gasteiger partial charge in [0.2, 0.25) is 5.89 Å². The highest BCUT2D eigenvalue weighted by Gasteiger charge is 2.21. The van der Waals surface area contributed by atoms with E-state index in [2.05, 4.69) is 10.3 Å². The molecule has 16 heavy (non-hydrogen) atoms. The molecule has 0 radical (unpaired) electrons. The second kappa shape index (κ2) is 3.79. The van der Waals surface area contributed by atoms with Gasteiger partial charge in [0, 0.05) is 6.04 Å². The van der Waals surface area contributed by atoms with Crippen molar-refractivity contribution in [2.75, 3.05) is 0 Å². The Balaban J connectivity index is 1.71. The highest BCUT2D eigenvalue weighted by Crippen LogP contribution is 2.23. The minimum Gasteiger partial charge on any atom is -0.458 e.